The summed E-state index contributed by atoms with van der Waals surface area (Å²) < 4.78 is 27.2. The number of rotatable bonds is 5. The Kier molecular flexibility index (Phi) is 5.32. The summed E-state index contributed by atoms with van der Waals surface area (Å²) in [5.41, 5.74) is 1.34. The summed E-state index contributed by atoms with van der Waals surface area (Å²) in [6.07, 6.45) is 0. The van der Waals surface area contributed by atoms with Gasteiger partial charge >= 0.3 is 0 Å². The van der Waals surface area contributed by atoms with Crippen LogP contribution in [0.4, 0.5) is 5.69 Å². The number of halogens is 1. The first-order valence-electron chi connectivity index (χ1n) is 7.15. The van der Waals surface area contributed by atoms with Crippen molar-refractivity contribution in [2.45, 2.75) is 25.3 Å². The van der Waals surface area contributed by atoms with Gasteiger partial charge in [0.25, 0.3) is 0 Å². The second-order valence-corrected chi connectivity index (χ2v) is 8.03. The van der Waals surface area contributed by atoms with E-state index in [9.17, 15) is 13.2 Å². The highest BCUT2D eigenvalue weighted by Crippen LogP contribution is 2.22. The van der Waals surface area contributed by atoms with Crippen LogP contribution in [0.3, 0.4) is 0 Å². The highest BCUT2D eigenvalue weighted by molar-refractivity contribution is 7.89. The molecule has 2 aromatic rings. The fraction of sp³-hybridized carbons (Fsp3) is 0.333. The Morgan fingerprint density at radius 3 is 2.58 bits per heavy atom. The number of carbonyl (C=O) groups is 1. The molecule has 0 aliphatic carbocycles. The van der Waals surface area contributed by atoms with Gasteiger partial charge in [-0.15, -0.1) is 0 Å². The van der Waals surface area contributed by atoms with Gasteiger partial charge in [-0.2, -0.15) is 5.10 Å². The third-order valence-electron chi connectivity index (χ3n) is 3.46. The molecule has 0 unspecified atom stereocenters. The van der Waals surface area contributed by atoms with Crippen LogP contribution in [0.25, 0.3) is 0 Å². The van der Waals surface area contributed by atoms with E-state index >= 15 is 0 Å². The molecule has 0 saturated heterocycles. The largest absolute Gasteiger partial charge is 0.324 e. The smallest absolute Gasteiger partial charge is 0.246 e. The number of aryl methyl sites for hydroxylation is 1. The van der Waals surface area contributed by atoms with Crippen LogP contribution < -0.4 is 5.32 Å². The molecule has 0 aliphatic heterocycles. The molecule has 1 N–H and O–H groups in total. The van der Waals surface area contributed by atoms with Crippen molar-refractivity contribution in [2.75, 3.05) is 19.4 Å². The number of hydrogen-bond donors (Lipinski definition) is 1. The van der Waals surface area contributed by atoms with Crippen LogP contribution >= 0.6 is 11.6 Å². The standard InChI is InChI=1S/C15H19ClN4O3S/c1-10-15(24(22,23)19(3)4)11(2)20(18-10)9-14(21)17-13-7-5-6-12(16)8-13/h5-8H,9H2,1-4H3,(H,17,21). The molecule has 7 nitrogen and oxygen atoms in total. The molecular weight excluding hydrogens is 352 g/mol. The normalized spacial score (nSPS) is 11.8. The second-order valence-electron chi connectivity index (χ2n) is 5.50. The van der Waals surface area contributed by atoms with Gasteiger partial charge in [-0.1, -0.05) is 17.7 Å². The fourth-order valence-electron chi connectivity index (χ4n) is 2.29. The van der Waals surface area contributed by atoms with E-state index in [0.717, 1.165) is 4.31 Å². The molecule has 0 aliphatic rings. The number of nitrogens with one attached hydrogen (secondary N) is 1. The molecular formula is C15H19ClN4O3S. The number of sulfonamides is 1. The van der Waals surface area contributed by atoms with E-state index in [1.54, 1.807) is 38.1 Å². The van der Waals surface area contributed by atoms with Gasteiger partial charge in [0, 0.05) is 24.8 Å². The van der Waals surface area contributed by atoms with Gasteiger partial charge in [-0.3, -0.25) is 9.48 Å². The Morgan fingerprint density at radius 2 is 2.00 bits per heavy atom. The molecule has 1 aromatic heterocycles. The molecule has 0 fully saturated rings. The van der Waals surface area contributed by atoms with Crippen molar-refractivity contribution in [1.82, 2.24) is 14.1 Å². The summed E-state index contributed by atoms with van der Waals surface area (Å²) in [6, 6.07) is 6.77. The lowest BCUT2D eigenvalue weighted by Crippen LogP contribution is -2.24. The first kappa shape index (κ1) is 18.4. The third-order valence-corrected chi connectivity index (χ3v) is 5.76. The van der Waals surface area contributed by atoms with Crippen LogP contribution in [0.1, 0.15) is 11.4 Å². The first-order valence-corrected chi connectivity index (χ1v) is 8.96. The maximum absolute atomic E-state index is 12.4. The van der Waals surface area contributed by atoms with Crippen LogP contribution in [-0.2, 0) is 21.4 Å². The Bertz CT molecular complexity index is 875. The summed E-state index contributed by atoms with van der Waals surface area (Å²) >= 11 is 5.88. The Labute approximate surface area is 146 Å². The van der Waals surface area contributed by atoms with Crippen molar-refractivity contribution in [2.24, 2.45) is 0 Å². The summed E-state index contributed by atoms with van der Waals surface area (Å²) in [5.74, 6) is -0.323. The minimum Gasteiger partial charge on any atom is -0.324 e. The van der Waals surface area contributed by atoms with E-state index in [-0.39, 0.29) is 17.3 Å². The van der Waals surface area contributed by atoms with E-state index in [0.29, 0.717) is 22.1 Å². The zero-order chi connectivity index (χ0) is 18.1. The Morgan fingerprint density at radius 1 is 1.33 bits per heavy atom. The Hall–Kier alpha value is -1.90. The molecule has 1 amide bonds. The van der Waals surface area contributed by atoms with Crippen LogP contribution in [0, 0.1) is 13.8 Å². The number of anilines is 1. The lowest BCUT2D eigenvalue weighted by molar-refractivity contribution is -0.116. The number of amides is 1. The Balaban J connectivity index is 2.24. The van der Waals surface area contributed by atoms with Crippen molar-refractivity contribution in [3.8, 4) is 0 Å². The molecule has 2 rings (SSSR count). The first-order chi connectivity index (χ1) is 11.1. The number of benzene rings is 1. The molecule has 1 aromatic carbocycles. The van der Waals surface area contributed by atoms with Crippen LogP contribution in [0.5, 0.6) is 0 Å². The lowest BCUT2D eigenvalue weighted by atomic mass is 10.3. The van der Waals surface area contributed by atoms with Crippen molar-refractivity contribution in [3.63, 3.8) is 0 Å². The average molecular weight is 371 g/mol. The second kappa shape index (κ2) is 6.92. The lowest BCUT2D eigenvalue weighted by Gasteiger charge is -2.12. The fourth-order valence-corrected chi connectivity index (χ4v) is 3.74. The van der Waals surface area contributed by atoms with Gasteiger partial charge in [0.1, 0.15) is 11.4 Å². The van der Waals surface area contributed by atoms with Crippen molar-refractivity contribution >= 4 is 33.2 Å². The molecule has 130 valence electrons. The van der Waals surface area contributed by atoms with Gasteiger partial charge in [0.15, 0.2) is 0 Å². The highest BCUT2D eigenvalue weighted by atomic mass is 35.5. The number of nitrogens with zero attached hydrogens (tertiary/aromatic N) is 3. The molecule has 9 heteroatoms. The molecule has 1 heterocycles. The van der Waals surface area contributed by atoms with Gasteiger partial charge in [-0.05, 0) is 32.0 Å². The average Bonchev–Trinajstić information content (AvgIpc) is 2.73. The van der Waals surface area contributed by atoms with Gasteiger partial charge in [0.2, 0.25) is 15.9 Å². The molecule has 0 radical (unpaired) electrons. The van der Waals surface area contributed by atoms with E-state index in [4.69, 9.17) is 11.6 Å². The maximum Gasteiger partial charge on any atom is 0.246 e. The molecule has 0 atom stereocenters. The van der Waals surface area contributed by atoms with E-state index in [1.807, 2.05) is 0 Å². The summed E-state index contributed by atoms with van der Waals surface area (Å²) in [5, 5.41) is 7.40. The van der Waals surface area contributed by atoms with E-state index in [1.165, 1.54) is 18.8 Å². The SMILES string of the molecule is Cc1nn(CC(=O)Nc2cccc(Cl)c2)c(C)c1S(=O)(=O)N(C)C. The minimum atomic E-state index is -3.62. The number of hydrogen-bond acceptors (Lipinski definition) is 4. The number of carbonyl (C=O) groups excluding carboxylic acids is 1. The summed E-state index contributed by atoms with van der Waals surface area (Å²) in [4.78, 5) is 12.3. The summed E-state index contributed by atoms with van der Waals surface area (Å²) in [6.45, 7) is 3.14. The van der Waals surface area contributed by atoms with Gasteiger partial charge in [0.05, 0.1) is 11.4 Å². The third kappa shape index (κ3) is 3.77. The minimum absolute atomic E-state index is 0.0951. The predicted octanol–water partition coefficient (Wildman–Crippen LogP) is 2.04. The van der Waals surface area contributed by atoms with Crippen LogP contribution in [-0.4, -0.2) is 42.5 Å². The zero-order valence-electron chi connectivity index (χ0n) is 13.9. The molecule has 24 heavy (non-hydrogen) atoms. The van der Waals surface area contributed by atoms with Crippen molar-refractivity contribution in [3.05, 3.63) is 40.7 Å². The van der Waals surface area contributed by atoms with E-state index in [2.05, 4.69) is 10.4 Å². The number of aromatic nitrogens is 2. The van der Waals surface area contributed by atoms with Gasteiger partial charge < -0.3 is 5.32 Å². The van der Waals surface area contributed by atoms with Crippen LogP contribution in [0.15, 0.2) is 29.2 Å². The topological polar surface area (TPSA) is 84.3 Å². The van der Waals surface area contributed by atoms with Crippen molar-refractivity contribution in [1.29, 1.82) is 0 Å². The highest BCUT2D eigenvalue weighted by Gasteiger charge is 2.27. The molecule has 0 bridgehead atoms. The van der Waals surface area contributed by atoms with Crippen LogP contribution in [0.2, 0.25) is 5.02 Å². The summed E-state index contributed by atoms with van der Waals surface area (Å²) in [7, 11) is -0.705. The zero-order valence-corrected chi connectivity index (χ0v) is 15.4. The molecule has 0 spiro atoms. The molecule has 0 saturated carbocycles. The monoisotopic (exact) mass is 370 g/mol. The predicted molar refractivity (Wildman–Crippen MR) is 92.7 cm³/mol. The van der Waals surface area contributed by atoms with E-state index < -0.39 is 10.0 Å². The quantitative estimate of drug-likeness (QED) is 0.872. The van der Waals surface area contributed by atoms with Crippen molar-refractivity contribution < 1.29 is 13.2 Å². The van der Waals surface area contributed by atoms with Gasteiger partial charge in [-0.25, -0.2) is 12.7 Å². The maximum atomic E-state index is 12.4.